The third-order valence-corrected chi connectivity index (χ3v) is 4.05. The molecule has 142 valence electrons. The Balaban J connectivity index is 1.87. The summed E-state index contributed by atoms with van der Waals surface area (Å²) in [5.74, 6) is 1.78. The first kappa shape index (κ1) is 20.0. The average molecular weight is 358 g/mol. The van der Waals surface area contributed by atoms with E-state index in [0.717, 1.165) is 50.9 Å². The molecule has 0 spiro atoms. The molecule has 26 heavy (non-hydrogen) atoms. The molecule has 0 radical (unpaired) electrons. The number of hydrogen-bond acceptors (Lipinski definition) is 4. The molecule has 2 rings (SSSR count). The number of rotatable bonds is 10. The zero-order chi connectivity index (χ0) is 18.6. The van der Waals surface area contributed by atoms with Gasteiger partial charge in [-0.15, -0.1) is 0 Å². The maximum Gasteiger partial charge on any atom is 0.191 e. The van der Waals surface area contributed by atoms with E-state index in [0.29, 0.717) is 0 Å². The molecule has 6 heteroatoms. The fourth-order valence-corrected chi connectivity index (χ4v) is 2.72. The molecular weight excluding hydrogens is 328 g/mol. The van der Waals surface area contributed by atoms with Crippen LogP contribution in [-0.4, -0.2) is 45.2 Å². The van der Waals surface area contributed by atoms with Crippen molar-refractivity contribution in [3.05, 3.63) is 59.5 Å². The van der Waals surface area contributed by atoms with Gasteiger partial charge >= 0.3 is 0 Å². The number of furan rings is 1. The summed E-state index contributed by atoms with van der Waals surface area (Å²) in [5.41, 5.74) is 2.56. The van der Waals surface area contributed by atoms with Gasteiger partial charge in [0.15, 0.2) is 5.96 Å². The summed E-state index contributed by atoms with van der Waals surface area (Å²) < 4.78 is 10.5. The van der Waals surface area contributed by atoms with Crippen molar-refractivity contribution in [2.75, 3.05) is 34.4 Å². The third kappa shape index (κ3) is 6.90. The first-order chi connectivity index (χ1) is 12.7. The Morgan fingerprint density at radius 2 is 1.92 bits per heavy atom. The number of ether oxygens (including phenoxy) is 1. The molecule has 2 N–H and O–H groups in total. The van der Waals surface area contributed by atoms with Crippen LogP contribution in [0.15, 0.2) is 52.1 Å². The highest BCUT2D eigenvalue weighted by atomic mass is 16.5. The van der Waals surface area contributed by atoms with E-state index in [-0.39, 0.29) is 0 Å². The summed E-state index contributed by atoms with van der Waals surface area (Å²) in [6, 6.07) is 12.4. The number of aliphatic imine (C=N–C) groups is 1. The van der Waals surface area contributed by atoms with E-state index in [1.807, 2.05) is 12.1 Å². The molecule has 0 aliphatic rings. The van der Waals surface area contributed by atoms with Gasteiger partial charge in [-0.3, -0.25) is 9.89 Å². The maximum atomic E-state index is 5.43. The number of methoxy groups -OCH3 is 1. The molecule has 1 aromatic heterocycles. The quantitative estimate of drug-likeness (QED) is 0.388. The van der Waals surface area contributed by atoms with Crippen molar-refractivity contribution in [2.24, 2.45) is 4.99 Å². The maximum absolute atomic E-state index is 5.43. The van der Waals surface area contributed by atoms with Crippen LogP contribution < -0.4 is 10.6 Å². The van der Waals surface area contributed by atoms with Crippen molar-refractivity contribution in [3.63, 3.8) is 0 Å². The van der Waals surface area contributed by atoms with Crippen LogP contribution in [0.4, 0.5) is 0 Å². The molecule has 0 bridgehead atoms. The van der Waals surface area contributed by atoms with Gasteiger partial charge in [-0.2, -0.15) is 0 Å². The molecule has 2 aromatic rings. The third-order valence-electron chi connectivity index (χ3n) is 4.05. The molecule has 0 aliphatic heterocycles. The van der Waals surface area contributed by atoms with Gasteiger partial charge in [-0.1, -0.05) is 24.3 Å². The van der Waals surface area contributed by atoms with Crippen molar-refractivity contribution in [3.8, 4) is 0 Å². The lowest BCUT2D eigenvalue weighted by Gasteiger charge is -2.19. The lowest BCUT2D eigenvalue weighted by molar-refractivity contribution is 0.195. The Morgan fingerprint density at radius 3 is 2.62 bits per heavy atom. The molecule has 0 saturated heterocycles. The number of hydrogen-bond donors (Lipinski definition) is 2. The highest BCUT2D eigenvalue weighted by Gasteiger charge is 2.08. The molecule has 0 saturated carbocycles. The lowest BCUT2D eigenvalue weighted by Crippen LogP contribution is -2.37. The van der Waals surface area contributed by atoms with Crippen molar-refractivity contribution in [1.82, 2.24) is 15.5 Å². The Hall–Kier alpha value is -2.31. The number of guanidine groups is 1. The fourth-order valence-electron chi connectivity index (χ4n) is 2.72. The lowest BCUT2D eigenvalue weighted by atomic mass is 10.1. The van der Waals surface area contributed by atoms with Crippen LogP contribution in [0.5, 0.6) is 0 Å². The van der Waals surface area contributed by atoms with Crippen LogP contribution in [0.2, 0.25) is 0 Å². The van der Waals surface area contributed by atoms with E-state index in [9.17, 15) is 0 Å². The summed E-state index contributed by atoms with van der Waals surface area (Å²) in [4.78, 5) is 6.52. The summed E-state index contributed by atoms with van der Waals surface area (Å²) >= 11 is 0. The van der Waals surface area contributed by atoms with Crippen LogP contribution in [0.3, 0.4) is 0 Å². The zero-order valence-electron chi connectivity index (χ0n) is 16.0. The van der Waals surface area contributed by atoms with Gasteiger partial charge in [-0.25, -0.2) is 0 Å². The SMILES string of the molecule is CN=C(NCCCOC)NCc1ccccc1CN(C)Cc1ccco1. The molecule has 0 unspecified atom stereocenters. The second-order valence-electron chi connectivity index (χ2n) is 6.22. The summed E-state index contributed by atoms with van der Waals surface area (Å²) in [6.45, 7) is 3.96. The van der Waals surface area contributed by atoms with Crippen LogP contribution in [0, 0.1) is 0 Å². The van der Waals surface area contributed by atoms with Crippen molar-refractivity contribution >= 4 is 5.96 Å². The average Bonchev–Trinajstić information content (AvgIpc) is 3.15. The predicted octanol–water partition coefficient (Wildman–Crippen LogP) is 2.61. The molecule has 1 heterocycles. The van der Waals surface area contributed by atoms with Gasteiger partial charge in [0.05, 0.1) is 12.8 Å². The highest BCUT2D eigenvalue weighted by molar-refractivity contribution is 5.79. The van der Waals surface area contributed by atoms with Gasteiger partial charge in [0.25, 0.3) is 0 Å². The Bertz CT molecular complexity index is 656. The van der Waals surface area contributed by atoms with E-state index in [4.69, 9.17) is 9.15 Å². The van der Waals surface area contributed by atoms with Crippen molar-refractivity contribution in [2.45, 2.75) is 26.1 Å². The molecular formula is C20H30N4O2. The molecule has 1 aromatic carbocycles. The monoisotopic (exact) mass is 358 g/mol. The van der Waals surface area contributed by atoms with Gasteiger partial charge in [0.2, 0.25) is 0 Å². The van der Waals surface area contributed by atoms with Crippen LogP contribution in [0.1, 0.15) is 23.3 Å². The summed E-state index contributed by atoms with van der Waals surface area (Å²) in [7, 11) is 5.60. The normalized spacial score (nSPS) is 11.8. The van der Waals surface area contributed by atoms with E-state index in [2.05, 4.69) is 51.8 Å². The van der Waals surface area contributed by atoms with Crippen molar-refractivity contribution in [1.29, 1.82) is 0 Å². The minimum absolute atomic E-state index is 0.731. The van der Waals surface area contributed by atoms with Crippen molar-refractivity contribution < 1.29 is 9.15 Å². The van der Waals surface area contributed by atoms with E-state index in [1.54, 1.807) is 20.4 Å². The molecule has 0 fully saturated rings. The molecule has 0 aliphatic carbocycles. The minimum atomic E-state index is 0.731. The van der Waals surface area contributed by atoms with Gasteiger partial charge in [-0.05, 0) is 36.7 Å². The van der Waals surface area contributed by atoms with Gasteiger partial charge < -0.3 is 19.8 Å². The van der Waals surface area contributed by atoms with Gasteiger partial charge in [0, 0.05) is 40.4 Å². The second kappa shape index (κ2) is 11.3. The largest absolute Gasteiger partial charge is 0.468 e. The minimum Gasteiger partial charge on any atom is -0.468 e. The Morgan fingerprint density at radius 1 is 1.12 bits per heavy atom. The number of nitrogens with zero attached hydrogens (tertiary/aromatic N) is 2. The summed E-state index contributed by atoms with van der Waals surface area (Å²) in [5, 5.41) is 6.68. The van der Waals surface area contributed by atoms with Gasteiger partial charge in [0.1, 0.15) is 5.76 Å². The highest BCUT2D eigenvalue weighted by Crippen LogP contribution is 2.13. The number of benzene rings is 1. The Labute approximate surface area is 156 Å². The van der Waals surface area contributed by atoms with Crippen LogP contribution in [-0.2, 0) is 24.4 Å². The predicted molar refractivity (Wildman–Crippen MR) is 105 cm³/mol. The topological polar surface area (TPSA) is 62.0 Å². The first-order valence-electron chi connectivity index (χ1n) is 8.94. The van der Waals surface area contributed by atoms with Crippen LogP contribution in [0.25, 0.3) is 0 Å². The van der Waals surface area contributed by atoms with Crippen LogP contribution >= 0.6 is 0 Å². The standard InChI is InChI=1S/C20H30N4O2/c1-21-20(22-11-7-12-25-3)23-14-17-8-4-5-9-18(17)15-24(2)16-19-10-6-13-26-19/h4-6,8-10,13H,7,11-12,14-16H2,1-3H3,(H2,21,22,23). The Kier molecular flexibility index (Phi) is 8.72. The fraction of sp³-hybridized carbons (Fsp3) is 0.450. The summed E-state index contributed by atoms with van der Waals surface area (Å²) in [6.07, 6.45) is 2.66. The number of nitrogens with one attached hydrogen (secondary N) is 2. The smallest absolute Gasteiger partial charge is 0.191 e. The molecule has 0 amide bonds. The second-order valence-corrected chi connectivity index (χ2v) is 6.22. The van der Waals surface area contributed by atoms with E-state index in [1.165, 1.54) is 11.1 Å². The van der Waals surface area contributed by atoms with E-state index >= 15 is 0 Å². The zero-order valence-corrected chi connectivity index (χ0v) is 16.0. The molecule has 0 atom stereocenters. The first-order valence-corrected chi connectivity index (χ1v) is 8.94. The van der Waals surface area contributed by atoms with E-state index < -0.39 is 0 Å². The molecule has 6 nitrogen and oxygen atoms in total.